The zero-order valence-corrected chi connectivity index (χ0v) is 10.2. The molecule has 17 heavy (non-hydrogen) atoms. The second-order valence-corrected chi connectivity index (χ2v) is 4.40. The Balaban J connectivity index is 2.04. The predicted molar refractivity (Wildman–Crippen MR) is 65.7 cm³/mol. The fourth-order valence-electron chi connectivity index (χ4n) is 1.86. The van der Waals surface area contributed by atoms with Gasteiger partial charge in [-0.15, -0.1) is 0 Å². The smallest absolute Gasteiger partial charge is 0.246 e. The van der Waals surface area contributed by atoms with Crippen LogP contribution in [0.15, 0.2) is 49.1 Å². The van der Waals surface area contributed by atoms with Crippen LogP contribution in [0, 0.1) is 0 Å². The van der Waals surface area contributed by atoms with Crippen molar-refractivity contribution < 1.29 is 9.36 Å². The van der Waals surface area contributed by atoms with Crippen LogP contribution in [-0.2, 0) is 7.05 Å². The molecule has 0 radical (unpaired) electrons. The maximum atomic E-state index is 12.0. The number of aromatic nitrogens is 2. The maximum Gasteiger partial charge on any atom is 0.314 e. The summed E-state index contributed by atoms with van der Waals surface area (Å²) in [6.07, 6.45) is 5.98. The van der Waals surface area contributed by atoms with Crippen LogP contribution in [0.2, 0.25) is 0 Å². The summed E-state index contributed by atoms with van der Waals surface area (Å²) in [5.74, 6) is 0.373. The number of aryl methyl sites for hydroxylation is 1. The number of carbonyl (C=O) groups excluding carboxylic acids is 1. The van der Waals surface area contributed by atoms with E-state index >= 15 is 0 Å². The zero-order chi connectivity index (χ0) is 12.3. The number of hydrogen-bond donors (Lipinski definition) is 0. The molecular weight excluding hydrogens is 212 g/mol. The second kappa shape index (κ2) is 4.95. The van der Waals surface area contributed by atoms with E-state index in [9.17, 15) is 4.79 Å². The van der Waals surface area contributed by atoms with Gasteiger partial charge in [-0.25, -0.2) is 9.36 Å². The monoisotopic (exact) mass is 229 g/mol. The molecule has 1 aromatic carbocycles. The topological polar surface area (TPSA) is 25.9 Å². The Morgan fingerprint density at radius 2 is 2.06 bits per heavy atom. The van der Waals surface area contributed by atoms with E-state index in [1.807, 2.05) is 36.0 Å². The maximum absolute atomic E-state index is 12.0. The molecule has 1 aromatic heterocycles. The van der Waals surface area contributed by atoms with Gasteiger partial charge in [-0.05, 0) is 11.5 Å². The lowest BCUT2D eigenvalue weighted by molar-refractivity contribution is -0.670. The Labute approximate surface area is 101 Å². The van der Waals surface area contributed by atoms with Gasteiger partial charge in [-0.1, -0.05) is 37.3 Å². The Hall–Kier alpha value is -1.90. The summed E-state index contributed by atoms with van der Waals surface area (Å²) in [5.41, 5.74) is 1.21. The van der Waals surface area contributed by atoms with Gasteiger partial charge in [0.25, 0.3) is 6.33 Å². The van der Waals surface area contributed by atoms with Gasteiger partial charge in [0.15, 0.2) is 0 Å². The predicted octanol–water partition coefficient (Wildman–Crippen LogP) is 2.15. The lowest BCUT2D eigenvalue weighted by atomic mass is 9.98. The van der Waals surface area contributed by atoms with Crippen LogP contribution >= 0.6 is 0 Å². The summed E-state index contributed by atoms with van der Waals surface area (Å²) in [6, 6.07) is 10.1. The van der Waals surface area contributed by atoms with Crippen molar-refractivity contribution in [2.24, 2.45) is 7.05 Å². The first-order chi connectivity index (χ1) is 8.16. The molecule has 2 aromatic rings. The Bertz CT molecular complexity index is 502. The van der Waals surface area contributed by atoms with Crippen molar-refractivity contribution in [2.75, 3.05) is 0 Å². The molecule has 0 aliphatic carbocycles. The van der Waals surface area contributed by atoms with Crippen LogP contribution in [0.5, 0.6) is 0 Å². The third kappa shape index (κ3) is 2.81. The Morgan fingerprint density at radius 3 is 2.65 bits per heavy atom. The molecule has 1 atom stereocenters. The van der Waals surface area contributed by atoms with Crippen molar-refractivity contribution in [1.82, 2.24) is 4.57 Å². The summed E-state index contributed by atoms with van der Waals surface area (Å²) in [6.45, 7) is 2.08. The van der Waals surface area contributed by atoms with Gasteiger partial charge >= 0.3 is 5.91 Å². The van der Waals surface area contributed by atoms with E-state index in [1.54, 1.807) is 17.1 Å². The normalized spacial score (nSPS) is 12.4. The Morgan fingerprint density at radius 1 is 1.35 bits per heavy atom. The van der Waals surface area contributed by atoms with Crippen LogP contribution in [0.4, 0.5) is 0 Å². The lowest BCUT2D eigenvalue weighted by Gasteiger charge is -2.08. The number of benzene rings is 1. The highest BCUT2D eigenvalue weighted by molar-refractivity contribution is 5.79. The molecule has 0 fully saturated rings. The molecule has 2 rings (SSSR count). The minimum atomic E-state index is 0.127. The van der Waals surface area contributed by atoms with Gasteiger partial charge < -0.3 is 0 Å². The summed E-state index contributed by atoms with van der Waals surface area (Å²) < 4.78 is 3.50. The summed E-state index contributed by atoms with van der Waals surface area (Å²) in [4.78, 5) is 12.0. The molecule has 0 N–H and O–H groups in total. The van der Waals surface area contributed by atoms with E-state index in [1.165, 1.54) is 5.56 Å². The van der Waals surface area contributed by atoms with Gasteiger partial charge in [0.05, 0.1) is 13.5 Å². The quantitative estimate of drug-likeness (QED) is 0.740. The first kappa shape index (κ1) is 11.6. The third-order valence-corrected chi connectivity index (χ3v) is 2.91. The van der Waals surface area contributed by atoms with Gasteiger partial charge in [0.1, 0.15) is 12.4 Å². The molecule has 88 valence electrons. The molecule has 0 spiro atoms. The van der Waals surface area contributed by atoms with E-state index in [-0.39, 0.29) is 11.8 Å². The van der Waals surface area contributed by atoms with Crippen LogP contribution in [0.25, 0.3) is 0 Å². The van der Waals surface area contributed by atoms with Gasteiger partial charge in [0.2, 0.25) is 0 Å². The molecule has 1 heterocycles. The molecule has 0 bridgehead atoms. The zero-order valence-electron chi connectivity index (χ0n) is 10.2. The lowest BCUT2D eigenvalue weighted by Crippen LogP contribution is -2.25. The van der Waals surface area contributed by atoms with Crippen LogP contribution < -0.4 is 4.57 Å². The average molecular weight is 229 g/mol. The average Bonchev–Trinajstić information content (AvgIpc) is 2.77. The minimum absolute atomic E-state index is 0.127. The highest BCUT2D eigenvalue weighted by Crippen LogP contribution is 2.18. The summed E-state index contributed by atoms with van der Waals surface area (Å²) >= 11 is 0. The molecule has 3 nitrogen and oxygen atoms in total. The first-order valence-corrected chi connectivity index (χ1v) is 5.78. The van der Waals surface area contributed by atoms with Crippen molar-refractivity contribution in [1.29, 1.82) is 0 Å². The van der Waals surface area contributed by atoms with E-state index in [0.717, 1.165) is 0 Å². The van der Waals surface area contributed by atoms with Crippen LogP contribution in [-0.4, -0.2) is 10.5 Å². The summed E-state index contributed by atoms with van der Waals surface area (Å²) in [7, 11) is 1.91. The number of carbonyl (C=O) groups is 1. The SMILES string of the molecule is C[C@H](CC(=O)n1cc[n+](C)c1)c1ccccc1. The highest BCUT2D eigenvalue weighted by atomic mass is 16.2. The van der Waals surface area contributed by atoms with E-state index in [4.69, 9.17) is 0 Å². The second-order valence-electron chi connectivity index (χ2n) is 4.40. The molecule has 0 saturated heterocycles. The van der Waals surface area contributed by atoms with E-state index in [0.29, 0.717) is 6.42 Å². The summed E-state index contributed by atoms with van der Waals surface area (Å²) in [5, 5.41) is 0. The van der Waals surface area contributed by atoms with Gasteiger partial charge in [-0.3, -0.25) is 0 Å². The number of nitrogens with zero attached hydrogens (tertiary/aromatic N) is 2. The molecule has 0 amide bonds. The Kier molecular flexibility index (Phi) is 3.38. The molecule has 3 heteroatoms. The van der Waals surface area contributed by atoms with Crippen molar-refractivity contribution >= 4 is 5.91 Å². The molecular formula is C14H17N2O+. The first-order valence-electron chi connectivity index (χ1n) is 5.78. The molecule has 0 aliphatic rings. The molecule has 0 aliphatic heterocycles. The fourth-order valence-corrected chi connectivity index (χ4v) is 1.86. The minimum Gasteiger partial charge on any atom is -0.246 e. The van der Waals surface area contributed by atoms with Crippen molar-refractivity contribution in [3.8, 4) is 0 Å². The van der Waals surface area contributed by atoms with Crippen LogP contribution in [0.3, 0.4) is 0 Å². The van der Waals surface area contributed by atoms with Crippen LogP contribution in [0.1, 0.15) is 29.6 Å². The van der Waals surface area contributed by atoms with Crippen molar-refractivity contribution in [3.05, 3.63) is 54.6 Å². The van der Waals surface area contributed by atoms with Crippen molar-refractivity contribution in [3.63, 3.8) is 0 Å². The number of imidazole rings is 1. The number of hydrogen-bond acceptors (Lipinski definition) is 1. The standard InChI is InChI=1S/C14H17N2O/c1-12(13-6-4-3-5-7-13)10-14(17)16-9-8-15(2)11-16/h3-9,11-12H,10H2,1-2H3/q+1/t12-/m1/s1. The van der Waals surface area contributed by atoms with E-state index in [2.05, 4.69) is 19.1 Å². The fraction of sp³-hybridized carbons (Fsp3) is 0.286. The molecule has 0 unspecified atom stereocenters. The highest BCUT2D eigenvalue weighted by Gasteiger charge is 2.16. The van der Waals surface area contributed by atoms with Gasteiger partial charge in [-0.2, -0.15) is 4.57 Å². The third-order valence-electron chi connectivity index (χ3n) is 2.91. The largest absolute Gasteiger partial charge is 0.314 e. The van der Waals surface area contributed by atoms with Gasteiger partial charge in [0, 0.05) is 0 Å². The molecule has 0 saturated carbocycles. The van der Waals surface area contributed by atoms with E-state index < -0.39 is 0 Å². The van der Waals surface area contributed by atoms with Crippen molar-refractivity contribution in [2.45, 2.75) is 19.3 Å². The number of rotatable bonds is 3.